The molecule has 3 aromatic heterocycles. The van der Waals surface area contributed by atoms with Gasteiger partial charge in [0.2, 0.25) is 0 Å². The van der Waals surface area contributed by atoms with E-state index >= 15 is 0 Å². The van der Waals surface area contributed by atoms with Gasteiger partial charge in [-0.15, -0.1) is 11.3 Å². The third-order valence-corrected chi connectivity index (χ3v) is 9.41. The Hall–Kier alpha value is -3.29. The van der Waals surface area contributed by atoms with Gasteiger partial charge in [0, 0.05) is 47.6 Å². The van der Waals surface area contributed by atoms with Gasteiger partial charge in [0.05, 0.1) is 5.69 Å². The number of carboxylic acid groups (broad SMARTS) is 1. The molecule has 4 aromatic rings. The molecule has 0 amide bonds. The fourth-order valence-corrected chi connectivity index (χ4v) is 7.08. The van der Waals surface area contributed by atoms with Crippen LogP contribution in [0.4, 0.5) is 0 Å². The zero-order valence-corrected chi connectivity index (χ0v) is 23.1. The van der Waals surface area contributed by atoms with Gasteiger partial charge in [-0.05, 0) is 73.4 Å². The number of hydrogen-bond acceptors (Lipinski definition) is 5. The zero-order chi connectivity index (χ0) is 26.4. The SMILES string of the molecule is Cc1cnc2cc(-c3ccc(-c4cc(C5=C(C6CCC(C)CC6)CN(C)CC5)c(C(=O)O)s4)cc3)nn2c1. The van der Waals surface area contributed by atoms with Crippen LogP contribution in [0.2, 0.25) is 0 Å². The molecule has 0 radical (unpaired) electrons. The van der Waals surface area contributed by atoms with E-state index in [2.05, 4.69) is 59.3 Å². The smallest absolute Gasteiger partial charge is 0.346 e. The number of fused-ring (bicyclic) bond motifs is 1. The lowest BCUT2D eigenvalue weighted by Crippen LogP contribution is -2.31. The number of hydrogen-bond donors (Lipinski definition) is 1. The third-order valence-electron chi connectivity index (χ3n) is 8.24. The maximum absolute atomic E-state index is 12.4. The minimum atomic E-state index is -0.830. The Morgan fingerprint density at radius 2 is 1.82 bits per heavy atom. The minimum Gasteiger partial charge on any atom is -0.477 e. The predicted molar refractivity (Wildman–Crippen MR) is 154 cm³/mol. The quantitative estimate of drug-likeness (QED) is 0.302. The number of benzene rings is 1. The van der Waals surface area contributed by atoms with Crippen molar-refractivity contribution in [2.24, 2.45) is 11.8 Å². The van der Waals surface area contributed by atoms with E-state index < -0.39 is 5.97 Å². The van der Waals surface area contributed by atoms with Gasteiger partial charge < -0.3 is 10.0 Å². The number of rotatable bonds is 5. The average molecular weight is 527 g/mol. The van der Waals surface area contributed by atoms with Gasteiger partial charge in [-0.1, -0.05) is 44.0 Å². The van der Waals surface area contributed by atoms with Crippen LogP contribution in [0.1, 0.15) is 59.8 Å². The third kappa shape index (κ3) is 4.81. The van der Waals surface area contributed by atoms with E-state index in [0.29, 0.717) is 10.8 Å². The molecule has 0 bridgehead atoms. The van der Waals surface area contributed by atoms with E-state index in [1.807, 2.05) is 29.9 Å². The van der Waals surface area contributed by atoms with E-state index in [1.54, 1.807) is 0 Å². The lowest BCUT2D eigenvalue weighted by Gasteiger charge is -2.35. The summed E-state index contributed by atoms with van der Waals surface area (Å²) in [4.78, 5) is 20.7. The van der Waals surface area contributed by atoms with Crippen molar-refractivity contribution >= 4 is 28.5 Å². The fraction of sp³-hybridized carbons (Fsp3) is 0.387. The minimum absolute atomic E-state index is 0.465. The summed E-state index contributed by atoms with van der Waals surface area (Å²) < 4.78 is 1.81. The zero-order valence-electron chi connectivity index (χ0n) is 22.3. The molecule has 7 heteroatoms. The molecule has 1 saturated carbocycles. The molecular formula is C31H34N4O2S. The van der Waals surface area contributed by atoms with E-state index in [0.717, 1.165) is 63.9 Å². The molecular weight excluding hydrogens is 492 g/mol. The van der Waals surface area contributed by atoms with E-state index in [-0.39, 0.29) is 0 Å². The van der Waals surface area contributed by atoms with Crippen LogP contribution in [0.3, 0.4) is 0 Å². The summed E-state index contributed by atoms with van der Waals surface area (Å²) >= 11 is 1.39. The highest BCUT2D eigenvalue weighted by Crippen LogP contribution is 2.43. The summed E-state index contributed by atoms with van der Waals surface area (Å²) in [6, 6.07) is 12.4. The van der Waals surface area contributed by atoms with Crippen LogP contribution in [-0.2, 0) is 0 Å². The van der Waals surface area contributed by atoms with Crippen LogP contribution in [0.25, 0.3) is 32.9 Å². The summed E-state index contributed by atoms with van der Waals surface area (Å²) in [6.07, 6.45) is 9.69. The van der Waals surface area contributed by atoms with Gasteiger partial charge in [0.1, 0.15) is 4.88 Å². The second-order valence-corrected chi connectivity index (χ2v) is 12.2. The monoisotopic (exact) mass is 526 g/mol. The largest absolute Gasteiger partial charge is 0.477 e. The van der Waals surface area contributed by atoms with Gasteiger partial charge in [0.15, 0.2) is 5.65 Å². The van der Waals surface area contributed by atoms with Crippen LogP contribution in [0.5, 0.6) is 0 Å². The Morgan fingerprint density at radius 1 is 1.08 bits per heavy atom. The average Bonchev–Trinajstić information content (AvgIpc) is 3.54. The van der Waals surface area contributed by atoms with Crippen LogP contribution >= 0.6 is 11.3 Å². The van der Waals surface area contributed by atoms with Crippen LogP contribution in [0.15, 0.2) is 54.4 Å². The van der Waals surface area contributed by atoms with Gasteiger partial charge in [-0.2, -0.15) is 5.10 Å². The lowest BCUT2D eigenvalue weighted by atomic mass is 9.75. The summed E-state index contributed by atoms with van der Waals surface area (Å²) in [5.74, 6) is 0.531. The highest BCUT2D eigenvalue weighted by Gasteiger charge is 2.30. The number of aromatic nitrogens is 3. The summed E-state index contributed by atoms with van der Waals surface area (Å²) in [5.41, 5.74) is 8.49. The molecule has 1 aliphatic heterocycles. The van der Waals surface area contributed by atoms with Gasteiger partial charge >= 0.3 is 5.97 Å². The Morgan fingerprint density at radius 3 is 2.55 bits per heavy atom. The van der Waals surface area contributed by atoms with Crippen molar-refractivity contribution in [1.29, 1.82) is 0 Å². The Kier molecular flexibility index (Phi) is 6.66. The first kappa shape index (κ1) is 25.0. The molecule has 38 heavy (non-hydrogen) atoms. The first-order chi connectivity index (χ1) is 18.4. The molecule has 6 nitrogen and oxygen atoms in total. The van der Waals surface area contributed by atoms with Crippen molar-refractivity contribution in [3.8, 4) is 21.7 Å². The van der Waals surface area contributed by atoms with Crippen LogP contribution < -0.4 is 0 Å². The number of aromatic carboxylic acids is 1. The maximum atomic E-state index is 12.4. The summed E-state index contributed by atoms with van der Waals surface area (Å²) in [6.45, 7) is 6.27. The number of likely N-dealkylation sites (N-methyl/N-ethyl adjacent to an activating group) is 1. The number of carboxylic acids is 1. The molecule has 0 saturated heterocycles. The molecule has 1 N–H and O–H groups in total. The molecule has 196 valence electrons. The Bertz CT molecular complexity index is 1520. The molecule has 0 spiro atoms. The standard InChI is InChI=1S/C31H34N4O2S/c1-19-4-6-21(7-5-19)26-18-34(3)13-12-24(26)25-14-28(38-30(25)31(36)37)23-10-8-22(9-11-23)27-15-29-32-16-20(2)17-35(29)33-27/h8-11,14-17,19,21H,4-7,12-13,18H2,1-3H3,(H,36,37). The van der Waals surface area contributed by atoms with E-state index in [1.165, 1.54) is 48.2 Å². The molecule has 6 rings (SSSR count). The van der Waals surface area contributed by atoms with E-state index in [4.69, 9.17) is 0 Å². The number of carbonyl (C=O) groups is 1. The highest BCUT2D eigenvalue weighted by molar-refractivity contribution is 7.17. The first-order valence-corrected chi connectivity index (χ1v) is 14.4. The van der Waals surface area contributed by atoms with Gasteiger partial charge in [-0.3, -0.25) is 0 Å². The summed E-state index contributed by atoms with van der Waals surface area (Å²) in [7, 11) is 2.18. The maximum Gasteiger partial charge on any atom is 0.346 e. The molecule has 0 atom stereocenters. The summed E-state index contributed by atoms with van der Waals surface area (Å²) in [5, 5.41) is 14.9. The Labute approximate surface area is 227 Å². The second-order valence-electron chi connectivity index (χ2n) is 11.1. The molecule has 2 aliphatic rings. The molecule has 1 aliphatic carbocycles. The number of aryl methyl sites for hydroxylation is 1. The normalized spacial score (nSPS) is 20.8. The molecule has 4 heterocycles. The lowest BCUT2D eigenvalue weighted by molar-refractivity contribution is 0.0702. The number of thiophene rings is 1. The highest BCUT2D eigenvalue weighted by atomic mass is 32.1. The molecule has 1 aromatic carbocycles. The van der Waals surface area contributed by atoms with Crippen LogP contribution in [-0.4, -0.2) is 50.7 Å². The van der Waals surface area contributed by atoms with Crippen molar-refractivity contribution in [3.63, 3.8) is 0 Å². The fourth-order valence-electron chi connectivity index (χ4n) is 6.05. The number of nitrogens with zero attached hydrogens (tertiary/aromatic N) is 4. The second kappa shape index (κ2) is 10.1. The van der Waals surface area contributed by atoms with E-state index in [9.17, 15) is 9.90 Å². The van der Waals surface area contributed by atoms with Gasteiger partial charge in [0.25, 0.3) is 0 Å². The molecule has 1 fully saturated rings. The predicted octanol–water partition coefficient (Wildman–Crippen LogP) is 7.05. The van der Waals surface area contributed by atoms with Crippen molar-refractivity contribution in [3.05, 3.63) is 70.4 Å². The van der Waals surface area contributed by atoms with Crippen molar-refractivity contribution < 1.29 is 9.90 Å². The van der Waals surface area contributed by atoms with Gasteiger partial charge in [-0.25, -0.2) is 14.3 Å². The topological polar surface area (TPSA) is 70.7 Å². The Balaban J connectivity index is 1.35. The van der Waals surface area contributed by atoms with Crippen molar-refractivity contribution in [2.45, 2.75) is 46.0 Å². The first-order valence-electron chi connectivity index (χ1n) is 13.6. The van der Waals surface area contributed by atoms with Crippen molar-refractivity contribution in [1.82, 2.24) is 19.5 Å². The van der Waals surface area contributed by atoms with Crippen molar-refractivity contribution in [2.75, 3.05) is 20.1 Å². The van der Waals surface area contributed by atoms with Crippen LogP contribution in [0, 0.1) is 18.8 Å². The molecule has 0 unspecified atom stereocenters.